The van der Waals surface area contributed by atoms with Crippen LogP contribution in [-0.4, -0.2) is 66.8 Å². The van der Waals surface area contributed by atoms with Crippen LogP contribution in [0.3, 0.4) is 0 Å². The van der Waals surface area contributed by atoms with Crippen LogP contribution in [0.1, 0.15) is 19.3 Å². The number of likely N-dealkylation sites (tertiary alicyclic amines) is 1. The number of rotatable bonds is 1. The summed E-state index contributed by atoms with van der Waals surface area (Å²) in [6.07, 6.45) is 1.97. The fourth-order valence-electron chi connectivity index (χ4n) is 2.69. The van der Waals surface area contributed by atoms with Gasteiger partial charge in [-0.1, -0.05) is 0 Å². The second-order valence-corrected chi connectivity index (χ2v) is 5.36. The third kappa shape index (κ3) is 3.47. The number of carbonyl (C=O) groups is 3. The van der Waals surface area contributed by atoms with Gasteiger partial charge in [0.05, 0.1) is 0 Å². The topological polar surface area (TPSA) is 95.7 Å². The maximum Gasteiger partial charge on any atom is 0.312 e. The van der Waals surface area contributed by atoms with Gasteiger partial charge in [-0.15, -0.1) is 0 Å². The normalized spacial score (nSPS) is 21.4. The van der Waals surface area contributed by atoms with Crippen molar-refractivity contribution in [3.8, 4) is 0 Å². The second-order valence-electron chi connectivity index (χ2n) is 5.36. The molecule has 0 atom stereocenters. The van der Waals surface area contributed by atoms with Gasteiger partial charge in [-0.2, -0.15) is 0 Å². The Morgan fingerprint density at radius 1 is 0.900 bits per heavy atom. The molecule has 0 bridgehead atoms. The molecule has 2 aliphatic heterocycles. The van der Waals surface area contributed by atoms with Crippen LogP contribution in [0.25, 0.3) is 0 Å². The molecule has 7 nitrogen and oxygen atoms in total. The molecule has 0 unspecified atom stereocenters. The molecule has 0 spiro atoms. The van der Waals surface area contributed by atoms with E-state index in [9.17, 15) is 14.4 Å². The summed E-state index contributed by atoms with van der Waals surface area (Å²) in [5.74, 6) is -1.36. The maximum atomic E-state index is 12.2. The molecule has 2 saturated heterocycles. The highest BCUT2D eigenvalue weighted by Crippen LogP contribution is 2.17. The summed E-state index contributed by atoms with van der Waals surface area (Å²) in [4.78, 5) is 38.6. The molecular formula is C13H22N4O3. The Labute approximate surface area is 118 Å². The van der Waals surface area contributed by atoms with E-state index in [1.165, 1.54) is 0 Å². The molecule has 0 radical (unpaired) electrons. The predicted octanol–water partition coefficient (Wildman–Crippen LogP) is -1.47. The zero-order chi connectivity index (χ0) is 14.5. The Morgan fingerprint density at radius 2 is 1.50 bits per heavy atom. The number of nitrogens with one attached hydrogen (secondary N) is 1. The molecule has 2 rings (SSSR count). The van der Waals surface area contributed by atoms with Gasteiger partial charge in [-0.3, -0.25) is 14.4 Å². The van der Waals surface area contributed by atoms with Crippen LogP contribution >= 0.6 is 0 Å². The van der Waals surface area contributed by atoms with E-state index in [2.05, 4.69) is 5.32 Å². The van der Waals surface area contributed by atoms with Crippen LogP contribution in [0.15, 0.2) is 0 Å². The van der Waals surface area contributed by atoms with Crippen molar-refractivity contribution in [1.82, 2.24) is 15.1 Å². The fourth-order valence-corrected chi connectivity index (χ4v) is 2.69. The molecule has 3 amide bonds. The van der Waals surface area contributed by atoms with Gasteiger partial charge in [-0.25, -0.2) is 0 Å². The lowest BCUT2D eigenvalue weighted by Crippen LogP contribution is -2.49. The first kappa shape index (κ1) is 14.8. The van der Waals surface area contributed by atoms with Gasteiger partial charge in [0.2, 0.25) is 5.91 Å². The van der Waals surface area contributed by atoms with Crippen LogP contribution in [0.2, 0.25) is 0 Å². The number of piperidine rings is 1. The van der Waals surface area contributed by atoms with Crippen molar-refractivity contribution < 1.29 is 14.4 Å². The van der Waals surface area contributed by atoms with Gasteiger partial charge in [-0.05, 0) is 25.8 Å². The number of amides is 3. The molecule has 0 aromatic heterocycles. The number of hydrogen-bond donors (Lipinski definition) is 2. The zero-order valence-corrected chi connectivity index (χ0v) is 11.6. The molecule has 7 heteroatoms. The Kier molecular flexibility index (Phi) is 4.94. The smallest absolute Gasteiger partial charge is 0.312 e. The first-order chi connectivity index (χ1) is 9.59. The largest absolute Gasteiger partial charge is 0.369 e. The van der Waals surface area contributed by atoms with Crippen molar-refractivity contribution in [1.29, 1.82) is 0 Å². The van der Waals surface area contributed by atoms with Gasteiger partial charge >= 0.3 is 11.8 Å². The molecule has 3 N–H and O–H groups in total. The molecular weight excluding hydrogens is 260 g/mol. The van der Waals surface area contributed by atoms with Crippen molar-refractivity contribution in [2.45, 2.75) is 19.3 Å². The highest BCUT2D eigenvalue weighted by Gasteiger charge is 2.31. The van der Waals surface area contributed by atoms with E-state index >= 15 is 0 Å². The molecule has 0 saturated carbocycles. The summed E-state index contributed by atoms with van der Waals surface area (Å²) < 4.78 is 0. The van der Waals surface area contributed by atoms with Crippen molar-refractivity contribution in [2.75, 3.05) is 39.3 Å². The Hall–Kier alpha value is -1.63. The fraction of sp³-hybridized carbons (Fsp3) is 0.769. The summed E-state index contributed by atoms with van der Waals surface area (Å²) in [7, 11) is 0. The van der Waals surface area contributed by atoms with E-state index in [0.29, 0.717) is 39.0 Å². The Balaban J connectivity index is 1.87. The van der Waals surface area contributed by atoms with Crippen LogP contribution in [-0.2, 0) is 14.4 Å². The number of nitrogens with zero attached hydrogens (tertiary/aromatic N) is 2. The SMILES string of the molecule is NC(=O)C1CCN(C(=O)C(=O)N2CCCNCC2)CC1. The lowest BCUT2D eigenvalue weighted by molar-refractivity contribution is -0.152. The van der Waals surface area contributed by atoms with Crippen LogP contribution < -0.4 is 11.1 Å². The van der Waals surface area contributed by atoms with Gasteiger partial charge in [0, 0.05) is 38.6 Å². The third-order valence-electron chi connectivity index (χ3n) is 3.99. The first-order valence-electron chi connectivity index (χ1n) is 7.18. The highest BCUT2D eigenvalue weighted by molar-refractivity contribution is 6.34. The minimum absolute atomic E-state index is 0.170. The molecule has 0 aliphatic carbocycles. The minimum Gasteiger partial charge on any atom is -0.369 e. The maximum absolute atomic E-state index is 12.2. The van der Waals surface area contributed by atoms with E-state index in [1.54, 1.807) is 9.80 Å². The van der Waals surface area contributed by atoms with Gasteiger partial charge in [0.1, 0.15) is 0 Å². The zero-order valence-electron chi connectivity index (χ0n) is 11.6. The van der Waals surface area contributed by atoms with Crippen LogP contribution in [0.5, 0.6) is 0 Å². The quantitative estimate of drug-likeness (QED) is 0.574. The molecule has 2 heterocycles. The predicted molar refractivity (Wildman–Crippen MR) is 72.6 cm³/mol. The first-order valence-corrected chi connectivity index (χ1v) is 7.18. The minimum atomic E-state index is -0.449. The number of hydrogen-bond acceptors (Lipinski definition) is 4. The number of carbonyl (C=O) groups excluding carboxylic acids is 3. The number of primary amides is 1. The lowest BCUT2D eigenvalue weighted by atomic mass is 9.96. The van der Waals surface area contributed by atoms with Crippen molar-refractivity contribution in [3.63, 3.8) is 0 Å². The number of nitrogens with two attached hydrogens (primary N) is 1. The third-order valence-corrected chi connectivity index (χ3v) is 3.99. The summed E-state index contributed by atoms with van der Waals surface area (Å²) in [5, 5.41) is 3.20. The van der Waals surface area contributed by atoms with Gasteiger partial charge < -0.3 is 20.9 Å². The van der Waals surface area contributed by atoms with Crippen molar-refractivity contribution in [3.05, 3.63) is 0 Å². The Morgan fingerprint density at radius 3 is 2.10 bits per heavy atom. The van der Waals surface area contributed by atoms with Gasteiger partial charge in [0.25, 0.3) is 0 Å². The van der Waals surface area contributed by atoms with E-state index < -0.39 is 11.8 Å². The summed E-state index contributed by atoms with van der Waals surface area (Å²) in [5.41, 5.74) is 5.26. The lowest BCUT2D eigenvalue weighted by Gasteiger charge is -2.31. The average Bonchev–Trinajstić information content (AvgIpc) is 2.75. The molecule has 20 heavy (non-hydrogen) atoms. The molecule has 0 aromatic carbocycles. The highest BCUT2D eigenvalue weighted by atomic mass is 16.2. The van der Waals surface area contributed by atoms with E-state index in [-0.39, 0.29) is 11.8 Å². The van der Waals surface area contributed by atoms with E-state index in [1.807, 2.05) is 0 Å². The molecule has 2 aliphatic rings. The summed E-state index contributed by atoms with van der Waals surface area (Å²) >= 11 is 0. The summed E-state index contributed by atoms with van der Waals surface area (Å²) in [6, 6.07) is 0. The van der Waals surface area contributed by atoms with Crippen molar-refractivity contribution >= 4 is 17.7 Å². The van der Waals surface area contributed by atoms with E-state index in [4.69, 9.17) is 5.73 Å². The molecule has 112 valence electrons. The van der Waals surface area contributed by atoms with Crippen LogP contribution in [0.4, 0.5) is 0 Å². The molecule has 0 aromatic rings. The van der Waals surface area contributed by atoms with Crippen molar-refractivity contribution in [2.24, 2.45) is 11.7 Å². The Bertz CT molecular complexity index is 383. The standard InChI is InChI=1S/C13H22N4O3/c14-11(18)10-2-7-17(8-3-10)13(20)12(19)16-6-1-4-15-5-9-16/h10,15H,1-9H2,(H2,14,18). The average molecular weight is 282 g/mol. The molecule has 2 fully saturated rings. The van der Waals surface area contributed by atoms with Gasteiger partial charge in [0.15, 0.2) is 0 Å². The second kappa shape index (κ2) is 6.69. The monoisotopic (exact) mass is 282 g/mol. The van der Waals surface area contributed by atoms with Crippen LogP contribution in [0, 0.1) is 5.92 Å². The summed E-state index contributed by atoms with van der Waals surface area (Å²) in [6.45, 7) is 3.66. The van der Waals surface area contributed by atoms with E-state index in [0.717, 1.165) is 19.5 Å².